The summed E-state index contributed by atoms with van der Waals surface area (Å²) in [7, 11) is 0. The van der Waals surface area contributed by atoms with E-state index in [1.165, 1.54) is 18.4 Å². The summed E-state index contributed by atoms with van der Waals surface area (Å²) < 4.78 is 0. The molecule has 1 aliphatic carbocycles. The average Bonchev–Trinajstić information content (AvgIpc) is 3.40. The van der Waals surface area contributed by atoms with Crippen LogP contribution >= 0.6 is 0 Å². The van der Waals surface area contributed by atoms with E-state index in [0.29, 0.717) is 42.6 Å². The molecular weight excluding hydrogens is 406 g/mol. The maximum atomic E-state index is 12.7. The zero-order chi connectivity index (χ0) is 22.7. The molecule has 2 amide bonds. The number of amides is 2. The highest BCUT2D eigenvalue weighted by Gasteiger charge is 2.41. The Morgan fingerprint density at radius 1 is 1.12 bits per heavy atom. The van der Waals surface area contributed by atoms with Gasteiger partial charge in [-0.15, -0.1) is 0 Å². The number of aliphatic hydroxyl groups excluding tert-OH is 2. The maximum absolute atomic E-state index is 12.7. The molecule has 32 heavy (non-hydrogen) atoms. The van der Waals surface area contributed by atoms with E-state index in [4.69, 9.17) is 5.73 Å². The molecule has 7 heteroatoms. The van der Waals surface area contributed by atoms with Gasteiger partial charge in [-0.05, 0) is 68.1 Å². The molecule has 2 aliphatic heterocycles. The fourth-order valence-corrected chi connectivity index (χ4v) is 6.18. The number of piperidine rings is 1. The predicted octanol–water partition coefficient (Wildman–Crippen LogP) is 1.87. The van der Waals surface area contributed by atoms with E-state index in [-0.39, 0.29) is 11.8 Å². The second-order valence-corrected chi connectivity index (χ2v) is 9.91. The second-order valence-electron chi connectivity index (χ2n) is 9.91. The highest BCUT2D eigenvalue weighted by atomic mass is 16.3. The van der Waals surface area contributed by atoms with Crippen LogP contribution in [-0.2, 0) is 4.79 Å². The monoisotopic (exact) mass is 443 g/mol. The van der Waals surface area contributed by atoms with Crippen molar-refractivity contribution in [1.82, 2.24) is 9.80 Å². The van der Waals surface area contributed by atoms with Crippen LogP contribution in [0, 0.1) is 5.92 Å². The van der Waals surface area contributed by atoms with Crippen LogP contribution in [0.4, 0.5) is 0 Å². The fourth-order valence-electron chi connectivity index (χ4n) is 6.18. The Labute approximate surface area is 190 Å². The molecule has 2 heterocycles. The van der Waals surface area contributed by atoms with E-state index < -0.39 is 12.7 Å². The number of nitrogens with zero attached hydrogens (tertiary/aromatic N) is 2. The summed E-state index contributed by atoms with van der Waals surface area (Å²) in [6.45, 7) is 1.56. The van der Waals surface area contributed by atoms with E-state index >= 15 is 0 Å². The number of primary amides is 1. The Bertz CT molecular complexity index is 796. The summed E-state index contributed by atoms with van der Waals surface area (Å²) in [6, 6.07) is 8.68. The van der Waals surface area contributed by atoms with E-state index in [1.807, 2.05) is 12.1 Å². The number of carbonyl (C=O) groups is 2. The van der Waals surface area contributed by atoms with E-state index in [1.54, 1.807) is 11.0 Å². The maximum Gasteiger partial charge on any atom is 0.253 e. The summed E-state index contributed by atoms with van der Waals surface area (Å²) in [5, 5.41) is 19.2. The lowest BCUT2D eigenvalue weighted by atomic mass is 9.84. The van der Waals surface area contributed by atoms with Crippen molar-refractivity contribution in [1.29, 1.82) is 0 Å². The molecule has 0 spiro atoms. The number of nitrogens with two attached hydrogens (primary N) is 1. The standard InChI is InChI=1S/C25H37N3O4/c26-24(31)19-7-3-6-18(12-19)20-13-21-8-9-22(14-20)28(21)11-10-27(25(32)23(30)16-29)15-17-4-1-2-5-17/h3,6-7,12,17,20-23,29-30H,1-2,4-5,8-11,13-16H2,(H2,26,31)/t20?,21?,22?,23-/m0/s1. The summed E-state index contributed by atoms with van der Waals surface area (Å²) >= 11 is 0. The molecule has 1 aromatic carbocycles. The van der Waals surface area contributed by atoms with Crippen LogP contribution in [0.1, 0.15) is 73.2 Å². The number of carbonyl (C=O) groups excluding carboxylic acids is 2. The number of benzene rings is 1. The Balaban J connectivity index is 1.38. The molecule has 2 unspecified atom stereocenters. The molecule has 0 radical (unpaired) electrons. The molecule has 2 bridgehead atoms. The summed E-state index contributed by atoms with van der Waals surface area (Å²) in [5.74, 6) is 0.203. The molecule has 3 atom stereocenters. The van der Waals surface area contributed by atoms with Crippen molar-refractivity contribution >= 4 is 11.8 Å². The highest BCUT2D eigenvalue weighted by molar-refractivity contribution is 5.92. The van der Waals surface area contributed by atoms with Crippen molar-refractivity contribution in [3.63, 3.8) is 0 Å². The van der Waals surface area contributed by atoms with Crippen LogP contribution < -0.4 is 5.73 Å². The molecule has 1 saturated carbocycles. The van der Waals surface area contributed by atoms with Gasteiger partial charge in [-0.1, -0.05) is 25.0 Å². The summed E-state index contributed by atoms with van der Waals surface area (Å²) in [6.07, 6.45) is 7.80. The topological polar surface area (TPSA) is 107 Å². The van der Waals surface area contributed by atoms with Gasteiger partial charge in [-0.25, -0.2) is 0 Å². The summed E-state index contributed by atoms with van der Waals surface area (Å²) in [5.41, 5.74) is 7.24. The van der Waals surface area contributed by atoms with Gasteiger partial charge in [0.15, 0.2) is 6.10 Å². The number of hydrogen-bond donors (Lipinski definition) is 3. The third-order valence-corrected chi connectivity index (χ3v) is 7.88. The zero-order valence-electron chi connectivity index (χ0n) is 18.9. The SMILES string of the molecule is NC(=O)c1cccc(C2CC3CCC(C2)N3CCN(CC2CCCC2)C(=O)[C@@H](O)CO)c1. The van der Waals surface area contributed by atoms with E-state index in [2.05, 4.69) is 11.0 Å². The molecule has 4 N–H and O–H groups in total. The van der Waals surface area contributed by atoms with Crippen molar-refractivity contribution in [2.45, 2.75) is 75.5 Å². The third kappa shape index (κ3) is 5.16. The number of hydrogen-bond acceptors (Lipinski definition) is 5. The van der Waals surface area contributed by atoms with Gasteiger partial charge in [0.05, 0.1) is 6.61 Å². The highest BCUT2D eigenvalue weighted by Crippen LogP contribution is 2.43. The average molecular weight is 444 g/mol. The minimum atomic E-state index is -1.32. The first-order chi connectivity index (χ1) is 15.5. The normalized spacial score (nSPS) is 26.9. The Morgan fingerprint density at radius 3 is 2.44 bits per heavy atom. The smallest absolute Gasteiger partial charge is 0.253 e. The van der Waals surface area contributed by atoms with E-state index in [0.717, 1.165) is 45.1 Å². The second kappa shape index (κ2) is 10.3. The first-order valence-corrected chi connectivity index (χ1v) is 12.2. The largest absolute Gasteiger partial charge is 0.393 e. The Morgan fingerprint density at radius 2 is 1.81 bits per heavy atom. The molecule has 176 valence electrons. The zero-order valence-corrected chi connectivity index (χ0v) is 18.9. The van der Waals surface area contributed by atoms with Crippen molar-refractivity contribution in [3.05, 3.63) is 35.4 Å². The summed E-state index contributed by atoms with van der Waals surface area (Å²) in [4.78, 5) is 28.6. The molecule has 2 saturated heterocycles. The first-order valence-electron chi connectivity index (χ1n) is 12.2. The van der Waals surface area contributed by atoms with E-state index in [9.17, 15) is 19.8 Å². The van der Waals surface area contributed by atoms with Crippen LogP contribution in [0.5, 0.6) is 0 Å². The molecule has 3 aliphatic rings. The quantitative estimate of drug-likeness (QED) is 0.540. The predicted molar refractivity (Wildman–Crippen MR) is 122 cm³/mol. The fraction of sp³-hybridized carbons (Fsp3) is 0.680. The Hall–Kier alpha value is -1.96. The lowest BCUT2D eigenvalue weighted by Gasteiger charge is -2.40. The van der Waals surface area contributed by atoms with Gasteiger partial charge in [0.2, 0.25) is 5.91 Å². The Kier molecular flexibility index (Phi) is 7.48. The van der Waals surface area contributed by atoms with Gasteiger partial charge >= 0.3 is 0 Å². The molecule has 0 aromatic heterocycles. The lowest BCUT2D eigenvalue weighted by Crippen LogP contribution is -2.49. The molecule has 7 nitrogen and oxygen atoms in total. The number of rotatable bonds is 9. The van der Waals surface area contributed by atoms with Crippen LogP contribution in [0.15, 0.2) is 24.3 Å². The minimum Gasteiger partial charge on any atom is -0.393 e. The van der Waals surface area contributed by atoms with Gasteiger partial charge in [0.1, 0.15) is 0 Å². The molecule has 3 fully saturated rings. The minimum absolute atomic E-state index is 0.343. The van der Waals surface area contributed by atoms with Crippen molar-refractivity contribution in [3.8, 4) is 0 Å². The first kappa shape index (κ1) is 23.2. The lowest BCUT2D eigenvalue weighted by molar-refractivity contribution is -0.143. The number of aliphatic hydroxyl groups is 2. The van der Waals surface area contributed by atoms with Gasteiger partial charge in [-0.2, -0.15) is 0 Å². The molecule has 1 aromatic rings. The van der Waals surface area contributed by atoms with Crippen molar-refractivity contribution < 1.29 is 19.8 Å². The molecular formula is C25H37N3O4. The van der Waals surface area contributed by atoms with Crippen LogP contribution in [0.3, 0.4) is 0 Å². The van der Waals surface area contributed by atoms with Gasteiger partial charge in [-0.3, -0.25) is 14.5 Å². The third-order valence-electron chi connectivity index (χ3n) is 7.88. The van der Waals surface area contributed by atoms with Gasteiger partial charge in [0.25, 0.3) is 5.91 Å². The van der Waals surface area contributed by atoms with Crippen molar-refractivity contribution in [2.24, 2.45) is 11.7 Å². The van der Waals surface area contributed by atoms with Crippen LogP contribution in [-0.4, -0.2) is 76.3 Å². The van der Waals surface area contributed by atoms with Crippen LogP contribution in [0.25, 0.3) is 0 Å². The van der Waals surface area contributed by atoms with Gasteiger partial charge < -0.3 is 20.8 Å². The number of fused-ring (bicyclic) bond motifs is 2. The molecule has 4 rings (SSSR count). The van der Waals surface area contributed by atoms with Crippen LogP contribution in [0.2, 0.25) is 0 Å². The van der Waals surface area contributed by atoms with Crippen molar-refractivity contribution in [2.75, 3.05) is 26.2 Å². The van der Waals surface area contributed by atoms with Gasteiger partial charge in [0, 0.05) is 37.3 Å².